The molecule has 0 aliphatic rings. The van der Waals surface area contributed by atoms with Crippen LogP contribution in [0.25, 0.3) is 0 Å². The molecule has 10 heteroatoms. The van der Waals surface area contributed by atoms with E-state index in [1.807, 2.05) is 0 Å². The summed E-state index contributed by atoms with van der Waals surface area (Å²) < 4.78 is 73.9. The van der Waals surface area contributed by atoms with Crippen LogP contribution in [0.2, 0.25) is 5.02 Å². The van der Waals surface area contributed by atoms with E-state index in [1.165, 1.54) is 7.11 Å². The smallest absolute Gasteiger partial charge is 0.382 e. The molecule has 0 saturated heterocycles. The Kier molecular flexibility index (Phi) is 7.07. The van der Waals surface area contributed by atoms with E-state index in [-0.39, 0.29) is 19.8 Å². The van der Waals surface area contributed by atoms with Gasteiger partial charge in [-0.15, -0.1) is 0 Å². The maximum absolute atomic E-state index is 12.7. The van der Waals surface area contributed by atoms with E-state index in [9.17, 15) is 21.6 Å². The summed E-state index contributed by atoms with van der Waals surface area (Å²) in [6, 6.07) is 2.40. The lowest BCUT2D eigenvalue weighted by atomic mass is 10.2. The molecular weight excluding hydrogens is 347 g/mol. The average Bonchev–Trinajstić information content (AvgIpc) is 2.41. The predicted molar refractivity (Wildman–Crippen MR) is 74.3 cm³/mol. The molecule has 0 amide bonds. The third-order valence-electron chi connectivity index (χ3n) is 2.52. The minimum Gasteiger partial charge on any atom is -0.382 e. The van der Waals surface area contributed by atoms with Crippen LogP contribution in [-0.4, -0.2) is 41.9 Å². The zero-order chi connectivity index (χ0) is 16.8. The Labute approximate surface area is 131 Å². The summed E-state index contributed by atoms with van der Waals surface area (Å²) >= 11 is 5.44. The Hall–Kier alpha value is -0.870. The van der Waals surface area contributed by atoms with E-state index >= 15 is 0 Å². The van der Waals surface area contributed by atoms with E-state index in [0.717, 1.165) is 12.1 Å². The molecule has 1 aromatic rings. The molecule has 0 radical (unpaired) electrons. The summed E-state index contributed by atoms with van der Waals surface area (Å²) in [5, 5.41) is -0.561. The monoisotopic (exact) mass is 361 g/mol. The minimum absolute atomic E-state index is 0.0717. The number of ether oxygens (including phenoxy) is 2. The van der Waals surface area contributed by atoms with Gasteiger partial charge in [0.05, 0.1) is 35.3 Å². The lowest BCUT2D eigenvalue weighted by molar-refractivity contribution is -0.137. The first-order valence-electron chi connectivity index (χ1n) is 6.11. The summed E-state index contributed by atoms with van der Waals surface area (Å²) in [5.74, 6) is 0. The Morgan fingerprint density at radius 1 is 1.23 bits per heavy atom. The van der Waals surface area contributed by atoms with Crippen LogP contribution in [0.15, 0.2) is 23.1 Å². The van der Waals surface area contributed by atoms with Crippen molar-refractivity contribution in [1.82, 2.24) is 4.72 Å². The number of nitrogens with one attached hydrogen (secondary N) is 1. The molecule has 0 bridgehead atoms. The molecule has 22 heavy (non-hydrogen) atoms. The predicted octanol–water partition coefficient (Wildman–Crippen LogP) is 2.30. The lowest BCUT2D eigenvalue weighted by Crippen LogP contribution is -2.28. The highest BCUT2D eigenvalue weighted by Gasteiger charge is 2.34. The summed E-state index contributed by atoms with van der Waals surface area (Å²) in [6.07, 6.45) is -4.73. The van der Waals surface area contributed by atoms with E-state index < -0.39 is 31.7 Å². The molecular formula is C12H15ClF3NO4S. The van der Waals surface area contributed by atoms with Crippen LogP contribution in [0.5, 0.6) is 0 Å². The second kappa shape index (κ2) is 8.11. The Morgan fingerprint density at radius 3 is 2.50 bits per heavy atom. The van der Waals surface area contributed by atoms with Crippen LogP contribution in [0.4, 0.5) is 13.2 Å². The highest BCUT2D eigenvalue weighted by atomic mass is 35.5. The fraction of sp³-hybridized carbons (Fsp3) is 0.500. The van der Waals surface area contributed by atoms with Crippen molar-refractivity contribution in [3.05, 3.63) is 28.8 Å². The van der Waals surface area contributed by atoms with Crippen LogP contribution in [0.3, 0.4) is 0 Å². The molecule has 1 aromatic carbocycles. The molecule has 1 rings (SSSR count). The van der Waals surface area contributed by atoms with Crippen LogP contribution in [0, 0.1) is 0 Å². The Bertz CT molecular complexity index is 593. The van der Waals surface area contributed by atoms with Crippen molar-refractivity contribution in [2.45, 2.75) is 11.1 Å². The van der Waals surface area contributed by atoms with Crippen molar-refractivity contribution in [2.24, 2.45) is 0 Å². The maximum Gasteiger partial charge on any atom is 0.417 e. The summed E-state index contributed by atoms with van der Waals surface area (Å²) in [7, 11) is -2.58. The fourth-order valence-corrected chi connectivity index (χ4v) is 2.73. The molecule has 1 N–H and O–H groups in total. The number of hydrogen-bond donors (Lipinski definition) is 1. The van der Waals surface area contributed by atoms with Gasteiger partial charge in [-0.05, 0) is 18.2 Å². The second-order valence-electron chi connectivity index (χ2n) is 4.14. The molecule has 0 fully saturated rings. The van der Waals surface area contributed by atoms with Gasteiger partial charge in [0.2, 0.25) is 10.0 Å². The molecule has 0 saturated carbocycles. The molecule has 0 aliphatic heterocycles. The van der Waals surface area contributed by atoms with Gasteiger partial charge in [0.15, 0.2) is 0 Å². The normalized spacial score (nSPS) is 12.6. The van der Waals surface area contributed by atoms with Crippen molar-refractivity contribution in [2.75, 3.05) is 33.5 Å². The number of sulfonamides is 1. The molecule has 0 aliphatic carbocycles. The Balaban J connectivity index is 2.73. The van der Waals surface area contributed by atoms with Crippen molar-refractivity contribution in [3.8, 4) is 0 Å². The van der Waals surface area contributed by atoms with Crippen LogP contribution in [-0.2, 0) is 25.7 Å². The molecule has 0 atom stereocenters. The molecule has 5 nitrogen and oxygen atoms in total. The fourth-order valence-electron chi connectivity index (χ4n) is 1.46. The quantitative estimate of drug-likeness (QED) is 0.722. The topological polar surface area (TPSA) is 64.6 Å². The molecule has 0 heterocycles. The number of halogens is 4. The number of hydrogen-bond acceptors (Lipinski definition) is 4. The second-order valence-corrected chi connectivity index (χ2v) is 6.32. The maximum atomic E-state index is 12.7. The first-order chi connectivity index (χ1) is 10.2. The van der Waals surface area contributed by atoms with Gasteiger partial charge >= 0.3 is 6.18 Å². The Morgan fingerprint density at radius 2 is 1.91 bits per heavy atom. The molecule has 0 unspecified atom stereocenters. The van der Waals surface area contributed by atoms with Gasteiger partial charge in [-0.3, -0.25) is 0 Å². The molecule has 126 valence electrons. The zero-order valence-corrected chi connectivity index (χ0v) is 13.2. The van der Waals surface area contributed by atoms with Gasteiger partial charge in [-0.25, -0.2) is 13.1 Å². The van der Waals surface area contributed by atoms with E-state index in [2.05, 4.69) is 4.72 Å². The summed E-state index contributed by atoms with van der Waals surface area (Å²) in [6.45, 7) is 0.647. The first-order valence-corrected chi connectivity index (χ1v) is 7.97. The van der Waals surface area contributed by atoms with E-state index in [0.29, 0.717) is 12.7 Å². The van der Waals surface area contributed by atoms with Gasteiger partial charge in [-0.2, -0.15) is 13.2 Å². The number of methoxy groups -OCH3 is 1. The van der Waals surface area contributed by atoms with Crippen LogP contribution in [0.1, 0.15) is 5.56 Å². The summed E-state index contributed by atoms with van der Waals surface area (Å²) in [5.41, 5.74) is -1.20. The van der Waals surface area contributed by atoms with Crippen molar-refractivity contribution in [3.63, 3.8) is 0 Å². The highest BCUT2D eigenvalue weighted by molar-refractivity contribution is 7.89. The van der Waals surface area contributed by atoms with Gasteiger partial charge in [0.25, 0.3) is 0 Å². The van der Waals surface area contributed by atoms with E-state index in [1.54, 1.807) is 0 Å². The third kappa shape index (κ3) is 5.73. The SMILES string of the molecule is COCCOCCNS(=O)(=O)c1ccc(Cl)c(C(F)(F)F)c1. The highest BCUT2D eigenvalue weighted by Crippen LogP contribution is 2.35. The standard InChI is InChI=1S/C12H15ClF3NO4S/c1-20-6-7-21-5-4-17-22(18,19)9-2-3-11(13)10(8-9)12(14,15)16/h2-3,8,17H,4-7H2,1H3. The third-order valence-corrected chi connectivity index (χ3v) is 4.31. The lowest BCUT2D eigenvalue weighted by Gasteiger charge is -2.12. The molecule has 0 spiro atoms. The number of alkyl halides is 3. The van der Waals surface area contributed by atoms with E-state index in [4.69, 9.17) is 21.1 Å². The van der Waals surface area contributed by atoms with Gasteiger partial charge in [0, 0.05) is 13.7 Å². The van der Waals surface area contributed by atoms with Crippen molar-refractivity contribution < 1.29 is 31.1 Å². The van der Waals surface area contributed by atoms with Crippen molar-refractivity contribution >= 4 is 21.6 Å². The molecule has 0 aromatic heterocycles. The number of rotatable bonds is 8. The largest absolute Gasteiger partial charge is 0.417 e. The van der Waals surface area contributed by atoms with Gasteiger partial charge in [-0.1, -0.05) is 11.6 Å². The zero-order valence-electron chi connectivity index (χ0n) is 11.6. The minimum atomic E-state index is -4.73. The van der Waals surface area contributed by atoms with Gasteiger partial charge < -0.3 is 9.47 Å². The van der Waals surface area contributed by atoms with Crippen LogP contribution >= 0.6 is 11.6 Å². The average molecular weight is 362 g/mol. The number of benzene rings is 1. The first kappa shape index (κ1) is 19.2. The van der Waals surface area contributed by atoms with Crippen LogP contribution < -0.4 is 4.72 Å². The van der Waals surface area contributed by atoms with Crippen molar-refractivity contribution in [1.29, 1.82) is 0 Å². The van der Waals surface area contributed by atoms with Gasteiger partial charge in [0.1, 0.15) is 0 Å². The summed E-state index contributed by atoms with van der Waals surface area (Å²) in [4.78, 5) is -0.513.